The quantitative estimate of drug-likeness (QED) is 0.561. The number of aliphatic hydroxyl groups excluding tert-OH is 1. The van der Waals surface area contributed by atoms with Gasteiger partial charge in [0.05, 0.1) is 39.0 Å². The molecule has 1 saturated heterocycles. The lowest BCUT2D eigenvalue weighted by atomic mass is 10.0. The van der Waals surface area contributed by atoms with Crippen LogP contribution >= 0.6 is 0 Å². The van der Waals surface area contributed by atoms with Crippen molar-refractivity contribution in [2.75, 3.05) is 40.0 Å². The van der Waals surface area contributed by atoms with Crippen LogP contribution in [0.5, 0.6) is 5.75 Å². The first kappa shape index (κ1) is 22.3. The fourth-order valence-corrected chi connectivity index (χ4v) is 4.05. The van der Waals surface area contributed by atoms with E-state index in [1.807, 2.05) is 53.2 Å². The minimum Gasteiger partial charge on any atom is -0.494 e. The molecule has 0 bridgehead atoms. The Hall–Kier alpha value is -2.94. The minimum atomic E-state index is -0.815. The lowest BCUT2D eigenvalue weighted by molar-refractivity contribution is 0.0361. The number of carbonyl (C=O) groups is 1. The van der Waals surface area contributed by atoms with Crippen molar-refractivity contribution in [1.82, 2.24) is 20.0 Å². The number of nitrogens with zero attached hydrogens (tertiary/aromatic N) is 3. The molecule has 4 rings (SSSR count). The van der Waals surface area contributed by atoms with Crippen molar-refractivity contribution in [2.45, 2.75) is 25.6 Å². The second kappa shape index (κ2) is 10.1. The number of nitrogens with one attached hydrogen (secondary N) is 1. The van der Waals surface area contributed by atoms with Gasteiger partial charge in [-0.2, -0.15) is 5.10 Å². The molecule has 170 valence electrons. The number of para-hydroxylation sites is 1. The van der Waals surface area contributed by atoms with Gasteiger partial charge in [0.2, 0.25) is 0 Å². The van der Waals surface area contributed by atoms with Gasteiger partial charge in [0.25, 0.3) is 5.91 Å². The van der Waals surface area contributed by atoms with Crippen molar-refractivity contribution < 1.29 is 19.4 Å². The second-order valence-corrected chi connectivity index (χ2v) is 8.00. The Kier molecular flexibility index (Phi) is 7.04. The van der Waals surface area contributed by atoms with Crippen LogP contribution in [-0.2, 0) is 11.3 Å². The molecule has 2 N–H and O–H groups in total. The molecule has 0 saturated carbocycles. The number of ether oxygens (including phenoxy) is 2. The van der Waals surface area contributed by atoms with E-state index in [2.05, 4.69) is 15.3 Å². The van der Waals surface area contributed by atoms with Gasteiger partial charge >= 0.3 is 0 Å². The zero-order valence-electron chi connectivity index (χ0n) is 18.5. The summed E-state index contributed by atoms with van der Waals surface area (Å²) >= 11 is 0. The number of carbonyl (C=O) groups excluding carboxylic acids is 1. The van der Waals surface area contributed by atoms with Gasteiger partial charge in [-0.25, -0.2) is 0 Å². The first-order valence-electron chi connectivity index (χ1n) is 11.0. The molecule has 1 aromatic heterocycles. The minimum absolute atomic E-state index is 0.323. The molecule has 8 heteroatoms. The molecule has 0 aliphatic carbocycles. The summed E-state index contributed by atoms with van der Waals surface area (Å²) in [6.07, 6.45) is -0.815. The van der Waals surface area contributed by atoms with E-state index >= 15 is 0 Å². The summed E-state index contributed by atoms with van der Waals surface area (Å²) in [6.45, 7) is 6.47. The number of hydrogen-bond donors (Lipinski definition) is 2. The molecule has 3 aromatic rings. The number of hydrogen-bond acceptors (Lipinski definition) is 6. The summed E-state index contributed by atoms with van der Waals surface area (Å²) in [4.78, 5) is 15.5. The van der Waals surface area contributed by atoms with Gasteiger partial charge in [-0.3, -0.25) is 14.4 Å². The number of benzene rings is 2. The third-order valence-electron chi connectivity index (χ3n) is 5.87. The van der Waals surface area contributed by atoms with E-state index in [1.165, 1.54) is 0 Å². The standard InChI is InChI=1S/C24H30N4O4/c1-17(23(29)18-7-4-3-5-8-18)25-24(30)21-19-9-6-10-20(31-2)22(19)28(26-21)12-11-27-13-15-32-16-14-27/h3-10,17,23,29H,11-16H2,1-2H3,(H,25,30). The van der Waals surface area contributed by atoms with E-state index in [-0.39, 0.29) is 5.91 Å². The lowest BCUT2D eigenvalue weighted by Crippen LogP contribution is -2.38. The average molecular weight is 439 g/mol. The molecule has 1 aliphatic rings. The normalized spacial score (nSPS) is 16.6. The zero-order valence-corrected chi connectivity index (χ0v) is 18.5. The predicted octanol–water partition coefficient (Wildman–Crippen LogP) is 2.23. The highest BCUT2D eigenvalue weighted by Crippen LogP contribution is 2.28. The first-order chi connectivity index (χ1) is 15.6. The zero-order chi connectivity index (χ0) is 22.5. The molecule has 2 heterocycles. The van der Waals surface area contributed by atoms with Crippen LogP contribution in [-0.4, -0.2) is 71.7 Å². The van der Waals surface area contributed by atoms with Crippen LogP contribution in [0.15, 0.2) is 48.5 Å². The number of morpholine rings is 1. The Morgan fingerprint density at radius 1 is 1.16 bits per heavy atom. The fourth-order valence-electron chi connectivity index (χ4n) is 4.05. The molecule has 0 radical (unpaired) electrons. The number of rotatable bonds is 8. The predicted molar refractivity (Wildman–Crippen MR) is 122 cm³/mol. The fraction of sp³-hybridized carbons (Fsp3) is 0.417. The highest BCUT2D eigenvalue weighted by molar-refractivity contribution is 6.06. The smallest absolute Gasteiger partial charge is 0.272 e. The second-order valence-electron chi connectivity index (χ2n) is 8.00. The third-order valence-corrected chi connectivity index (χ3v) is 5.87. The maximum Gasteiger partial charge on any atom is 0.272 e. The van der Waals surface area contributed by atoms with Crippen LogP contribution in [0.4, 0.5) is 0 Å². The molecule has 2 unspecified atom stereocenters. The van der Waals surface area contributed by atoms with Crippen molar-refractivity contribution in [2.24, 2.45) is 0 Å². The van der Waals surface area contributed by atoms with Crippen LogP contribution in [0.1, 0.15) is 29.1 Å². The Labute approximate surface area is 187 Å². The Balaban J connectivity index is 1.56. The number of amides is 1. The Morgan fingerprint density at radius 2 is 1.91 bits per heavy atom. The van der Waals surface area contributed by atoms with Gasteiger partial charge in [-0.1, -0.05) is 42.5 Å². The molecular weight excluding hydrogens is 408 g/mol. The van der Waals surface area contributed by atoms with Crippen LogP contribution in [0.25, 0.3) is 10.9 Å². The van der Waals surface area contributed by atoms with E-state index in [0.29, 0.717) is 18.0 Å². The average Bonchev–Trinajstić information content (AvgIpc) is 3.22. The van der Waals surface area contributed by atoms with Crippen LogP contribution in [0.2, 0.25) is 0 Å². The van der Waals surface area contributed by atoms with Crippen molar-refractivity contribution in [3.05, 3.63) is 59.8 Å². The van der Waals surface area contributed by atoms with Gasteiger partial charge in [0.15, 0.2) is 5.69 Å². The van der Waals surface area contributed by atoms with Gasteiger partial charge in [-0.05, 0) is 18.6 Å². The lowest BCUT2D eigenvalue weighted by Gasteiger charge is -2.26. The van der Waals surface area contributed by atoms with Crippen molar-refractivity contribution in [3.63, 3.8) is 0 Å². The summed E-state index contributed by atoms with van der Waals surface area (Å²) in [6, 6.07) is 14.4. The summed E-state index contributed by atoms with van der Waals surface area (Å²) in [5, 5.41) is 18.9. The highest BCUT2D eigenvalue weighted by atomic mass is 16.5. The van der Waals surface area contributed by atoms with E-state index < -0.39 is 12.1 Å². The number of aliphatic hydroxyl groups is 1. The monoisotopic (exact) mass is 438 g/mol. The summed E-state index contributed by atoms with van der Waals surface area (Å²) in [5.74, 6) is 0.351. The van der Waals surface area contributed by atoms with E-state index in [9.17, 15) is 9.90 Å². The van der Waals surface area contributed by atoms with Gasteiger partial charge in [0, 0.05) is 25.0 Å². The maximum absolute atomic E-state index is 13.2. The van der Waals surface area contributed by atoms with Crippen molar-refractivity contribution in [3.8, 4) is 5.75 Å². The maximum atomic E-state index is 13.2. The van der Waals surface area contributed by atoms with Gasteiger partial charge < -0.3 is 19.9 Å². The molecule has 1 amide bonds. The van der Waals surface area contributed by atoms with Crippen LogP contribution in [0, 0.1) is 0 Å². The van der Waals surface area contributed by atoms with Crippen LogP contribution in [0.3, 0.4) is 0 Å². The van der Waals surface area contributed by atoms with Gasteiger partial charge in [0.1, 0.15) is 11.3 Å². The van der Waals surface area contributed by atoms with E-state index in [1.54, 1.807) is 14.0 Å². The molecule has 2 aromatic carbocycles. The Morgan fingerprint density at radius 3 is 2.62 bits per heavy atom. The molecule has 8 nitrogen and oxygen atoms in total. The van der Waals surface area contributed by atoms with Crippen LogP contribution < -0.4 is 10.1 Å². The summed E-state index contributed by atoms with van der Waals surface area (Å²) < 4.78 is 12.8. The number of fused-ring (bicyclic) bond motifs is 1. The van der Waals surface area contributed by atoms with Crippen molar-refractivity contribution in [1.29, 1.82) is 0 Å². The molecule has 1 fully saturated rings. The van der Waals surface area contributed by atoms with E-state index in [4.69, 9.17) is 9.47 Å². The first-order valence-corrected chi connectivity index (χ1v) is 11.0. The summed E-state index contributed by atoms with van der Waals surface area (Å²) in [7, 11) is 1.62. The largest absolute Gasteiger partial charge is 0.494 e. The molecular formula is C24H30N4O4. The molecule has 0 spiro atoms. The number of methoxy groups -OCH3 is 1. The number of aromatic nitrogens is 2. The van der Waals surface area contributed by atoms with Gasteiger partial charge in [-0.15, -0.1) is 0 Å². The molecule has 1 aliphatic heterocycles. The molecule has 32 heavy (non-hydrogen) atoms. The van der Waals surface area contributed by atoms with Crippen molar-refractivity contribution >= 4 is 16.8 Å². The third kappa shape index (κ3) is 4.77. The van der Waals surface area contributed by atoms with E-state index in [0.717, 1.165) is 49.3 Å². The topological polar surface area (TPSA) is 88.8 Å². The summed E-state index contributed by atoms with van der Waals surface area (Å²) in [5.41, 5.74) is 1.88. The molecule has 2 atom stereocenters. The Bertz CT molecular complexity index is 1050. The highest BCUT2D eigenvalue weighted by Gasteiger charge is 2.24. The SMILES string of the molecule is COc1cccc2c(C(=O)NC(C)C(O)c3ccccc3)nn(CCN3CCOCC3)c12.